The Morgan fingerprint density at radius 1 is 0.919 bits per heavy atom. The van der Waals surface area contributed by atoms with Gasteiger partial charge in [-0.3, -0.25) is 0 Å². The Balaban J connectivity index is 1.31. The summed E-state index contributed by atoms with van der Waals surface area (Å²) in [6, 6.07) is 10.5. The van der Waals surface area contributed by atoms with Crippen molar-refractivity contribution in [2.75, 3.05) is 47.8 Å². The summed E-state index contributed by atoms with van der Waals surface area (Å²) in [5.74, 6) is 4.16. The van der Waals surface area contributed by atoms with Gasteiger partial charge >= 0.3 is 0 Å². The van der Waals surface area contributed by atoms with Crippen LogP contribution < -0.4 is 20.4 Å². The second-order valence-corrected chi connectivity index (χ2v) is 12.4. The first-order valence-corrected chi connectivity index (χ1v) is 14.9. The Morgan fingerprint density at radius 3 is 1.95 bits per heavy atom. The van der Waals surface area contributed by atoms with Crippen LogP contribution in [0.15, 0.2) is 30.3 Å². The van der Waals surface area contributed by atoms with E-state index in [1.54, 1.807) is 0 Å². The van der Waals surface area contributed by atoms with E-state index in [1.807, 2.05) is 12.1 Å². The lowest BCUT2D eigenvalue weighted by Crippen LogP contribution is -2.41. The van der Waals surface area contributed by atoms with Crippen molar-refractivity contribution < 1.29 is 0 Å². The molecule has 2 aromatic rings. The number of anilines is 3. The third-order valence-electron chi connectivity index (χ3n) is 8.74. The Kier molecular flexibility index (Phi) is 8.40. The third kappa shape index (κ3) is 6.48. The number of piperidine rings is 2. The van der Waals surface area contributed by atoms with E-state index in [1.165, 1.54) is 44.1 Å². The molecular weight excluding hydrogens is 500 g/mol. The van der Waals surface area contributed by atoms with E-state index in [-0.39, 0.29) is 5.41 Å². The van der Waals surface area contributed by atoms with Gasteiger partial charge in [0, 0.05) is 49.2 Å². The largest absolute Gasteiger partial charge is 0.361 e. The standard InChI is InChI=1S/C29H41ClN6S/c1-21-9-15-35(16-10-21)25-19-26(36-17-11-22(2)12-18-36)33-27(32-25)34-28(37)31-20-29(13-3-4-14-29)23-5-7-24(30)8-6-23/h5-8,19,21-22H,3-4,9-18,20H2,1-2H3,(H2,31,32,33,34,37). The lowest BCUT2D eigenvalue weighted by atomic mass is 9.79. The van der Waals surface area contributed by atoms with E-state index in [2.05, 4.69) is 52.5 Å². The number of thiocarbonyl (C=S) groups is 1. The maximum absolute atomic E-state index is 6.17. The predicted molar refractivity (Wildman–Crippen MR) is 159 cm³/mol. The molecule has 6 nitrogen and oxygen atoms in total. The molecule has 3 heterocycles. The van der Waals surface area contributed by atoms with Gasteiger partial charge in [-0.15, -0.1) is 0 Å². The topological polar surface area (TPSA) is 56.3 Å². The van der Waals surface area contributed by atoms with Gasteiger partial charge in [0.15, 0.2) is 5.11 Å². The summed E-state index contributed by atoms with van der Waals surface area (Å²) in [5, 5.41) is 8.23. The van der Waals surface area contributed by atoms with Gasteiger partial charge in [0.05, 0.1) is 0 Å². The second-order valence-electron chi connectivity index (χ2n) is 11.5. The van der Waals surface area contributed by atoms with Crippen LogP contribution in [-0.4, -0.2) is 47.8 Å². The predicted octanol–water partition coefficient (Wildman–Crippen LogP) is 6.40. The third-order valence-corrected chi connectivity index (χ3v) is 9.24. The number of halogens is 1. The highest BCUT2D eigenvalue weighted by molar-refractivity contribution is 7.80. The lowest BCUT2D eigenvalue weighted by molar-refractivity contribution is 0.433. The number of rotatable bonds is 6. The molecule has 1 aromatic carbocycles. The minimum absolute atomic E-state index is 0.0825. The smallest absolute Gasteiger partial charge is 0.232 e. The molecule has 1 aromatic heterocycles. The first-order valence-electron chi connectivity index (χ1n) is 14.1. The average molecular weight is 541 g/mol. The van der Waals surface area contributed by atoms with Crippen LogP contribution in [0.4, 0.5) is 17.6 Å². The molecule has 1 aliphatic carbocycles. The van der Waals surface area contributed by atoms with Gasteiger partial charge in [-0.2, -0.15) is 9.97 Å². The number of aromatic nitrogens is 2. The van der Waals surface area contributed by atoms with Gasteiger partial charge in [-0.1, -0.05) is 50.4 Å². The minimum Gasteiger partial charge on any atom is -0.361 e. The number of nitrogens with one attached hydrogen (secondary N) is 2. The van der Waals surface area contributed by atoms with Gasteiger partial charge in [0.25, 0.3) is 0 Å². The van der Waals surface area contributed by atoms with E-state index < -0.39 is 0 Å². The van der Waals surface area contributed by atoms with Crippen LogP contribution in [0.25, 0.3) is 0 Å². The van der Waals surface area contributed by atoms with Crippen molar-refractivity contribution in [1.29, 1.82) is 0 Å². The Hall–Kier alpha value is -2.12. The molecule has 37 heavy (non-hydrogen) atoms. The average Bonchev–Trinajstić information content (AvgIpc) is 3.39. The maximum atomic E-state index is 6.17. The van der Waals surface area contributed by atoms with Crippen molar-refractivity contribution in [2.45, 2.75) is 70.6 Å². The Labute approximate surface area is 232 Å². The lowest BCUT2D eigenvalue weighted by Gasteiger charge is -2.34. The summed E-state index contributed by atoms with van der Waals surface area (Å²) in [5.41, 5.74) is 1.42. The molecule has 0 atom stereocenters. The van der Waals surface area contributed by atoms with Crippen LogP contribution in [0.1, 0.15) is 70.8 Å². The van der Waals surface area contributed by atoms with Crippen LogP contribution >= 0.6 is 23.8 Å². The van der Waals surface area contributed by atoms with E-state index in [0.29, 0.717) is 11.1 Å². The molecule has 3 fully saturated rings. The molecule has 3 aliphatic rings. The Bertz CT molecular complexity index is 1010. The van der Waals surface area contributed by atoms with Crippen LogP contribution in [0.3, 0.4) is 0 Å². The fourth-order valence-electron chi connectivity index (χ4n) is 6.10. The van der Waals surface area contributed by atoms with Crippen molar-refractivity contribution in [2.24, 2.45) is 11.8 Å². The second kappa shape index (κ2) is 11.7. The molecular formula is C29H41ClN6S. The van der Waals surface area contributed by atoms with Crippen LogP contribution in [0.2, 0.25) is 5.02 Å². The van der Waals surface area contributed by atoms with Crippen molar-refractivity contribution in [3.8, 4) is 0 Å². The zero-order valence-corrected chi connectivity index (χ0v) is 23.9. The minimum atomic E-state index is 0.0825. The quantitative estimate of drug-likeness (QED) is 0.411. The van der Waals surface area contributed by atoms with Crippen molar-refractivity contribution >= 4 is 46.5 Å². The monoisotopic (exact) mass is 540 g/mol. The summed E-state index contributed by atoms with van der Waals surface area (Å²) >= 11 is 11.9. The molecule has 2 saturated heterocycles. The number of benzene rings is 1. The van der Waals surface area contributed by atoms with E-state index in [9.17, 15) is 0 Å². The molecule has 0 amide bonds. The molecule has 0 spiro atoms. The number of hydrogen-bond acceptors (Lipinski definition) is 5. The fraction of sp³-hybridized carbons (Fsp3) is 0.621. The highest BCUT2D eigenvalue weighted by Gasteiger charge is 2.35. The number of hydrogen-bond donors (Lipinski definition) is 2. The van der Waals surface area contributed by atoms with Gasteiger partial charge in [0.2, 0.25) is 5.95 Å². The first-order chi connectivity index (χ1) is 17.9. The van der Waals surface area contributed by atoms with Gasteiger partial charge in [-0.05, 0) is 80.3 Å². The van der Waals surface area contributed by atoms with E-state index >= 15 is 0 Å². The molecule has 200 valence electrons. The molecule has 2 aliphatic heterocycles. The molecule has 1 saturated carbocycles. The van der Waals surface area contributed by atoms with E-state index in [4.69, 9.17) is 33.8 Å². The fourth-order valence-corrected chi connectivity index (χ4v) is 6.38. The van der Waals surface area contributed by atoms with Crippen LogP contribution in [0.5, 0.6) is 0 Å². The number of nitrogens with zero attached hydrogens (tertiary/aromatic N) is 4. The molecule has 0 bridgehead atoms. The highest BCUT2D eigenvalue weighted by Crippen LogP contribution is 2.41. The maximum Gasteiger partial charge on any atom is 0.232 e. The summed E-state index contributed by atoms with van der Waals surface area (Å²) in [6.45, 7) is 9.65. The zero-order chi connectivity index (χ0) is 25.8. The van der Waals surface area contributed by atoms with Crippen molar-refractivity contribution in [3.63, 3.8) is 0 Å². The SMILES string of the molecule is CC1CCN(c2cc(N3CCC(C)CC3)nc(NC(=S)NCC3(c4ccc(Cl)cc4)CCCC3)n2)CC1. The highest BCUT2D eigenvalue weighted by atomic mass is 35.5. The Morgan fingerprint density at radius 2 is 1.43 bits per heavy atom. The van der Waals surface area contributed by atoms with Crippen LogP contribution in [-0.2, 0) is 5.41 Å². The normalized spacial score (nSPS) is 20.7. The van der Waals surface area contributed by atoms with Crippen LogP contribution in [0, 0.1) is 11.8 Å². The summed E-state index contributed by atoms with van der Waals surface area (Å²) in [6.07, 6.45) is 9.60. The molecule has 2 N–H and O–H groups in total. The van der Waals surface area contributed by atoms with Gasteiger partial charge in [-0.25, -0.2) is 0 Å². The zero-order valence-electron chi connectivity index (χ0n) is 22.3. The molecule has 0 radical (unpaired) electrons. The van der Waals surface area contributed by atoms with Gasteiger partial charge < -0.3 is 20.4 Å². The van der Waals surface area contributed by atoms with Crippen molar-refractivity contribution in [1.82, 2.24) is 15.3 Å². The van der Waals surface area contributed by atoms with E-state index in [0.717, 1.165) is 74.1 Å². The molecule has 5 rings (SSSR count). The van der Waals surface area contributed by atoms with Gasteiger partial charge in [0.1, 0.15) is 11.6 Å². The summed E-state index contributed by atoms with van der Waals surface area (Å²) in [7, 11) is 0. The summed E-state index contributed by atoms with van der Waals surface area (Å²) < 4.78 is 0. The molecule has 8 heteroatoms. The first kappa shape index (κ1) is 26.5. The van der Waals surface area contributed by atoms with Crippen molar-refractivity contribution in [3.05, 3.63) is 40.9 Å². The summed E-state index contributed by atoms with van der Waals surface area (Å²) in [4.78, 5) is 14.7. The molecule has 0 unspecified atom stereocenters.